The molecule has 9 nitrogen and oxygen atoms in total. The smallest absolute Gasteiger partial charge is 0.301 e. The van der Waals surface area contributed by atoms with E-state index in [1.54, 1.807) is 25.7 Å². The summed E-state index contributed by atoms with van der Waals surface area (Å²) in [6, 6.07) is 0. The van der Waals surface area contributed by atoms with Gasteiger partial charge in [-0.15, -0.1) is 0 Å². The molecule has 2 aromatic rings. The SMILES string of the molecule is CCn1c(/N=N/N(C)C)nc2c1c(=O)n(C)c(=O)n2C. The first-order chi connectivity index (χ1) is 9.38. The Morgan fingerprint density at radius 2 is 1.85 bits per heavy atom. The van der Waals surface area contributed by atoms with Crippen LogP contribution in [0.25, 0.3) is 11.2 Å². The van der Waals surface area contributed by atoms with E-state index in [0.29, 0.717) is 23.7 Å². The van der Waals surface area contributed by atoms with Crippen LogP contribution >= 0.6 is 0 Å². The highest BCUT2D eigenvalue weighted by Gasteiger charge is 2.17. The first kappa shape index (κ1) is 14.0. The Morgan fingerprint density at radius 3 is 2.40 bits per heavy atom. The Hall–Kier alpha value is -2.45. The Morgan fingerprint density at radius 1 is 1.20 bits per heavy atom. The van der Waals surface area contributed by atoms with Crippen molar-refractivity contribution >= 4 is 17.1 Å². The van der Waals surface area contributed by atoms with Crippen LogP contribution in [0.1, 0.15) is 6.92 Å². The van der Waals surface area contributed by atoms with E-state index in [-0.39, 0.29) is 5.56 Å². The highest BCUT2D eigenvalue weighted by molar-refractivity contribution is 5.73. The predicted octanol–water partition coefficient (Wildman–Crippen LogP) is 0.0139. The van der Waals surface area contributed by atoms with Crippen LogP contribution in [0, 0.1) is 0 Å². The number of nitrogens with zero attached hydrogens (tertiary/aromatic N) is 7. The van der Waals surface area contributed by atoms with E-state index in [1.165, 1.54) is 16.6 Å². The average Bonchev–Trinajstić information content (AvgIpc) is 2.79. The summed E-state index contributed by atoms with van der Waals surface area (Å²) in [5.74, 6) is 0.300. The summed E-state index contributed by atoms with van der Waals surface area (Å²) < 4.78 is 4.03. The number of rotatable bonds is 3. The molecule has 0 saturated carbocycles. The van der Waals surface area contributed by atoms with Gasteiger partial charge in [0.2, 0.25) is 0 Å². The summed E-state index contributed by atoms with van der Waals surface area (Å²) in [6.45, 7) is 2.38. The Labute approximate surface area is 114 Å². The number of fused-ring (bicyclic) bond motifs is 1. The molecule has 0 aliphatic carbocycles. The van der Waals surface area contributed by atoms with Gasteiger partial charge in [-0.2, -0.15) is 4.98 Å². The number of aryl methyl sites for hydroxylation is 2. The van der Waals surface area contributed by atoms with Gasteiger partial charge < -0.3 is 4.57 Å². The quantitative estimate of drug-likeness (QED) is 0.585. The second kappa shape index (κ2) is 4.91. The summed E-state index contributed by atoms with van der Waals surface area (Å²) in [4.78, 5) is 28.4. The number of imidazole rings is 1. The molecule has 20 heavy (non-hydrogen) atoms. The highest BCUT2D eigenvalue weighted by Crippen LogP contribution is 2.18. The van der Waals surface area contributed by atoms with Crippen molar-refractivity contribution in [2.45, 2.75) is 13.5 Å². The van der Waals surface area contributed by atoms with Crippen LogP contribution in [0.2, 0.25) is 0 Å². The first-order valence-electron chi connectivity index (χ1n) is 6.13. The van der Waals surface area contributed by atoms with Crippen LogP contribution in [0.4, 0.5) is 5.95 Å². The Balaban J connectivity index is 2.89. The molecule has 0 aromatic carbocycles. The van der Waals surface area contributed by atoms with Gasteiger partial charge in [0.15, 0.2) is 11.2 Å². The van der Waals surface area contributed by atoms with Crippen molar-refractivity contribution in [2.75, 3.05) is 14.1 Å². The van der Waals surface area contributed by atoms with E-state index >= 15 is 0 Å². The maximum Gasteiger partial charge on any atom is 0.332 e. The molecule has 0 saturated heterocycles. The maximum absolute atomic E-state index is 12.2. The van der Waals surface area contributed by atoms with Gasteiger partial charge in [-0.25, -0.2) is 4.79 Å². The number of aromatic nitrogens is 4. The van der Waals surface area contributed by atoms with E-state index in [2.05, 4.69) is 15.3 Å². The second-order valence-electron chi connectivity index (χ2n) is 4.57. The third kappa shape index (κ3) is 2.00. The fourth-order valence-corrected chi connectivity index (χ4v) is 1.94. The molecular weight excluding hydrogens is 262 g/mol. The molecule has 2 heterocycles. The molecule has 0 N–H and O–H groups in total. The summed E-state index contributed by atoms with van der Waals surface area (Å²) >= 11 is 0. The van der Waals surface area contributed by atoms with E-state index < -0.39 is 5.69 Å². The summed E-state index contributed by atoms with van der Waals surface area (Å²) in [5.41, 5.74) is -0.138. The lowest BCUT2D eigenvalue weighted by Gasteiger charge is -2.05. The molecule has 2 aromatic heterocycles. The topological polar surface area (TPSA) is 89.8 Å². The van der Waals surface area contributed by atoms with Crippen molar-refractivity contribution in [3.8, 4) is 0 Å². The minimum atomic E-state index is -0.417. The van der Waals surface area contributed by atoms with Gasteiger partial charge in [0.25, 0.3) is 11.5 Å². The van der Waals surface area contributed by atoms with Crippen molar-refractivity contribution in [1.29, 1.82) is 0 Å². The van der Waals surface area contributed by atoms with E-state index in [9.17, 15) is 9.59 Å². The van der Waals surface area contributed by atoms with Crippen molar-refractivity contribution in [3.05, 3.63) is 20.8 Å². The molecule has 9 heteroatoms. The van der Waals surface area contributed by atoms with Gasteiger partial charge in [0.05, 0.1) is 0 Å². The normalized spacial score (nSPS) is 11.7. The molecule has 2 rings (SSSR count). The van der Waals surface area contributed by atoms with Gasteiger partial charge in [0, 0.05) is 34.7 Å². The zero-order valence-corrected chi connectivity index (χ0v) is 12.2. The fourth-order valence-electron chi connectivity index (χ4n) is 1.94. The molecule has 0 aliphatic rings. The molecule has 0 fully saturated rings. The minimum Gasteiger partial charge on any atom is -0.301 e. The molecule has 0 spiro atoms. The number of hydrogen-bond acceptors (Lipinski definition) is 5. The molecular formula is C11H17N7O2. The molecule has 108 valence electrons. The highest BCUT2D eigenvalue weighted by atomic mass is 16.2. The standard InChI is InChI=1S/C11H17N7O2/c1-6-18-7-8(12-10(18)13-14-15(2)3)16(4)11(20)17(5)9(7)19/h6H2,1-5H3/b14-13+. The van der Waals surface area contributed by atoms with E-state index in [0.717, 1.165) is 4.57 Å². The third-order valence-electron chi connectivity index (χ3n) is 2.96. The minimum absolute atomic E-state index is 0.300. The largest absolute Gasteiger partial charge is 0.332 e. The molecule has 0 atom stereocenters. The molecule has 0 radical (unpaired) electrons. The lowest BCUT2D eigenvalue weighted by molar-refractivity contribution is 0.406. The first-order valence-corrected chi connectivity index (χ1v) is 6.13. The third-order valence-corrected chi connectivity index (χ3v) is 2.96. The van der Waals surface area contributed by atoms with Crippen LogP contribution in [0.15, 0.2) is 19.9 Å². The van der Waals surface area contributed by atoms with Crippen LogP contribution < -0.4 is 11.2 Å². The summed E-state index contributed by atoms with van der Waals surface area (Å²) in [6.07, 6.45) is 0. The zero-order chi connectivity index (χ0) is 15.0. The lowest BCUT2D eigenvalue weighted by atomic mass is 10.5. The summed E-state index contributed by atoms with van der Waals surface area (Å²) in [7, 11) is 6.48. The fraction of sp³-hybridized carbons (Fsp3) is 0.545. The molecule has 0 unspecified atom stereocenters. The van der Waals surface area contributed by atoms with Crippen LogP contribution in [0.3, 0.4) is 0 Å². The van der Waals surface area contributed by atoms with Gasteiger partial charge >= 0.3 is 5.69 Å². The van der Waals surface area contributed by atoms with Crippen molar-refractivity contribution in [3.63, 3.8) is 0 Å². The van der Waals surface area contributed by atoms with Crippen LogP contribution in [-0.2, 0) is 20.6 Å². The molecule has 0 bridgehead atoms. The summed E-state index contributed by atoms with van der Waals surface area (Å²) in [5, 5.41) is 9.40. The zero-order valence-electron chi connectivity index (χ0n) is 12.2. The van der Waals surface area contributed by atoms with Crippen molar-refractivity contribution in [1.82, 2.24) is 23.7 Å². The Kier molecular flexibility index (Phi) is 3.43. The maximum atomic E-state index is 12.2. The lowest BCUT2D eigenvalue weighted by Crippen LogP contribution is -2.37. The van der Waals surface area contributed by atoms with Gasteiger partial charge in [-0.3, -0.25) is 18.9 Å². The second-order valence-corrected chi connectivity index (χ2v) is 4.57. The Bertz CT molecular complexity index is 794. The van der Waals surface area contributed by atoms with Crippen LogP contribution in [0.5, 0.6) is 0 Å². The van der Waals surface area contributed by atoms with Crippen molar-refractivity contribution < 1.29 is 0 Å². The predicted molar refractivity (Wildman–Crippen MR) is 74.1 cm³/mol. The van der Waals surface area contributed by atoms with Crippen LogP contribution in [-0.4, -0.2) is 37.8 Å². The average molecular weight is 279 g/mol. The van der Waals surface area contributed by atoms with E-state index in [1.807, 2.05) is 6.92 Å². The monoisotopic (exact) mass is 279 g/mol. The van der Waals surface area contributed by atoms with Gasteiger partial charge in [-0.1, -0.05) is 10.3 Å². The van der Waals surface area contributed by atoms with Gasteiger partial charge in [-0.05, 0) is 6.92 Å². The van der Waals surface area contributed by atoms with E-state index in [4.69, 9.17) is 0 Å². The molecule has 0 amide bonds. The van der Waals surface area contributed by atoms with Gasteiger partial charge in [0.1, 0.15) is 0 Å². The van der Waals surface area contributed by atoms with Crippen molar-refractivity contribution in [2.24, 2.45) is 24.4 Å². The molecule has 0 aliphatic heterocycles. The number of hydrogen-bond donors (Lipinski definition) is 0.